The lowest BCUT2D eigenvalue weighted by Crippen LogP contribution is -2.24. The maximum Gasteiger partial charge on any atom is 0.263 e. The molecule has 0 bridgehead atoms. The molecular formula is C16H23F2NO. The van der Waals surface area contributed by atoms with Crippen LogP contribution in [0.4, 0.5) is 8.78 Å². The molecular weight excluding hydrogens is 260 g/mol. The van der Waals surface area contributed by atoms with E-state index in [2.05, 4.69) is 5.32 Å². The highest BCUT2D eigenvalue weighted by Gasteiger charge is 2.12. The van der Waals surface area contributed by atoms with E-state index in [-0.39, 0.29) is 5.56 Å². The molecule has 4 heteroatoms. The molecule has 0 aromatic heterocycles. The fourth-order valence-electron chi connectivity index (χ4n) is 2.54. The first-order valence-corrected chi connectivity index (χ1v) is 7.45. The molecule has 1 fully saturated rings. The van der Waals surface area contributed by atoms with Gasteiger partial charge < -0.3 is 10.1 Å². The smallest absolute Gasteiger partial charge is 0.263 e. The van der Waals surface area contributed by atoms with Crippen molar-refractivity contribution >= 4 is 0 Å². The maximum atomic E-state index is 12.4. The first-order chi connectivity index (χ1) is 9.75. The van der Waals surface area contributed by atoms with Gasteiger partial charge in [0.25, 0.3) is 6.43 Å². The van der Waals surface area contributed by atoms with Gasteiger partial charge in [-0.25, -0.2) is 8.78 Å². The number of rotatable bonds is 7. The minimum Gasteiger partial charge on any atom is -0.377 e. The van der Waals surface area contributed by atoms with Gasteiger partial charge in [0.2, 0.25) is 0 Å². The highest BCUT2D eigenvalue weighted by Crippen LogP contribution is 2.20. The Morgan fingerprint density at radius 2 is 1.80 bits per heavy atom. The van der Waals surface area contributed by atoms with Crippen molar-refractivity contribution in [3.63, 3.8) is 0 Å². The topological polar surface area (TPSA) is 21.3 Å². The molecule has 1 aromatic carbocycles. The van der Waals surface area contributed by atoms with Crippen LogP contribution >= 0.6 is 0 Å². The van der Waals surface area contributed by atoms with Crippen molar-refractivity contribution < 1.29 is 13.5 Å². The summed E-state index contributed by atoms with van der Waals surface area (Å²) in [5.41, 5.74) is 1.10. The van der Waals surface area contributed by atoms with Crippen molar-refractivity contribution in [2.75, 3.05) is 13.2 Å². The molecule has 1 N–H and O–H groups in total. The lowest BCUT2D eigenvalue weighted by molar-refractivity contribution is 0.0302. The van der Waals surface area contributed by atoms with Crippen LogP contribution in [0.1, 0.15) is 49.7 Å². The van der Waals surface area contributed by atoms with Crippen LogP contribution in [-0.2, 0) is 11.3 Å². The van der Waals surface area contributed by atoms with Gasteiger partial charge in [-0.1, -0.05) is 43.5 Å². The van der Waals surface area contributed by atoms with Crippen LogP contribution in [0.5, 0.6) is 0 Å². The van der Waals surface area contributed by atoms with Gasteiger partial charge >= 0.3 is 0 Å². The largest absolute Gasteiger partial charge is 0.377 e. The molecule has 0 saturated heterocycles. The summed E-state index contributed by atoms with van der Waals surface area (Å²) in [5, 5.41) is 3.28. The summed E-state index contributed by atoms with van der Waals surface area (Å²) in [4.78, 5) is 0. The van der Waals surface area contributed by atoms with Gasteiger partial charge in [0.05, 0.1) is 12.7 Å². The van der Waals surface area contributed by atoms with Gasteiger partial charge in [0, 0.05) is 18.7 Å². The zero-order valence-corrected chi connectivity index (χ0v) is 11.8. The van der Waals surface area contributed by atoms with E-state index in [4.69, 9.17) is 4.74 Å². The first-order valence-electron chi connectivity index (χ1n) is 7.45. The predicted molar refractivity (Wildman–Crippen MR) is 75.9 cm³/mol. The number of hydrogen-bond acceptors (Lipinski definition) is 2. The molecule has 20 heavy (non-hydrogen) atoms. The number of halogens is 2. The molecule has 0 heterocycles. The fraction of sp³-hybridized carbons (Fsp3) is 0.625. The van der Waals surface area contributed by atoms with Gasteiger partial charge in [-0.2, -0.15) is 0 Å². The average Bonchev–Trinajstić information content (AvgIpc) is 2.48. The Morgan fingerprint density at radius 1 is 1.10 bits per heavy atom. The van der Waals surface area contributed by atoms with Crippen LogP contribution in [-0.4, -0.2) is 19.3 Å². The van der Waals surface area contributed by atoms with Crippen molar-refractivity contribution in [2.24, 2.45) is 0 Å². The summed E-state index contributed by atoms with van der Waals surface area (Å²) in [6, 6.07) is 6.47. The molecule has 0 aliphatic heterocycles. The number of benzene rings is 1. The van der Waals surface area contributed by atoms with Gasteiger partial charge in [0.15, 0.2) is 0 Å². The summed E-state index contributed by atoms with van der Waals surface area (Å²) in [6.45, 7) is 2.21. The van der Waals surface area contributed by atoms with Crippen molar-refractivity contribution in [3.8, 4) is 0 Å². The van der Waals surface area contributed by atoms with Crippen molar-refractivity contribution in [2.45, 2.75) is 51.2 Å². The van der Waals surface area contributed by atoms with E-state index in [1.165, 1.54) is 44.2 Å². The monoisotopic (exact) mass is 283 g/mol. The van der Waals surface area contributed by atoms with Crippen molar-refractivity contribution in [1.82, 2.24) is 5.32 Å². The van der Waals surface area contributed by atoms with Crippen LogP contribution in [0, 0.1) is 0 Å². The first kappa shape index (κ1) is 15.4. The summed E-state index contributed by atoms with van der Waals surface area (Å²) in [6.07, 6.45) is 4.34. The zero-order valence-electron chi connectivity index (χ0n) is 11.8. The summed E-state index contributed by atoms with van der Waals surface area (Å²) >= 11 is 0. The molecule has 112 valence electrons. The Kier molecular flexibility index (Phi) is 6.40. The van der Waals surface area contributed by atoms with E-state index >= 15 is 0 Å². The molecule has 2 nitrogen and oxygen atoms in total. The standard InChI is InChI=1S/C16H23F2NO/c17-16(18)14-8-6-13(7-9-14)12-19-10-11-20-15-4-2-1-3-5-15/h6-9,15-16,19H,1-5,10-12H2. The van der Waals surface area contributed by atoms with Gasteiger partial charge in [-0.05, 0) is 18.4 Å². The van der Waals surface area contributed by atoms with E-state index in [1.54, 1.807) is 12.1 Å². The normalized spacial score (nSPS) is 16.8. The quantitative estimate of drug-likeness (QED) is 0.762. The van der Waals surface area contributed by atoms with E-state index in [9.17, 15) is 8.78 Å². The number of nitrogens with one attached hydrogen (secondary N) is 1. The Hall–Kier alpha value is -1.00. The van der Waals surface area contributed by atoms with Crippen LogP contribution in [0.15, 0.2) is 24.3 Å². The molecule has 1 aromatic rings. The number of hydrogen-bond donors (Lipinski definition) is 1. The van der Waals surface area contributed by atoms with E-state index in [0.29, 0.717) is 12.6 Å². The minimum absolute atomic E-state index is 0.0781. The fourth-order valence-corrected chi connectivity index (χ4v) is 2.54. The third kappa shape index (κ3) is 5.17. The molecule has 0 atom stereocenters. The van der Waals surface area contributed by atoms with Crippen molar-refractivity contribution in [3.05, 3.63) is 35.4 Å². The molecule has 0 radical (unpaired) electrons. The van der Waals surface area contributed by atoms with E-state index in [1.807, 2.05) is 0 Å². The van der Waals surface area contributed by atoms with Crippen molar-refractivity contribution in [1.29, 1.82) is 0 Å². The highest BCUT2D eigenvalue weighted by atomic mass is 19.3. The second-order valence-electron chi connectivity index (χ2n) is 5.35. The van der Waals surface area contributed by atoms with Crippen LogP contribution in [0.25, 0.3) is 0 Å². The van der Waals surface area contributed by atoms with Crippen LogP contribution in [0.2, 0.25) is 0 Å². The Labute approximate surface area is 119 Å². The summed E-state index contributed by atoms with van der Waals surface area (Å²) in [5.74, 6) is 0. The summed E-state index contributed by atoms with van der Waals surface area (Å²) < 4.78 is 30.6. The Morgan fingerprint density at radius 3 is 2.45 bits per heavy atom. The zero-order chi connectivity index (χ0) is 14.2. The third-order valence-electron chi connectivity index (χ3n) is 3.75. The SMILES string of the molecule is FC(F)c1ccc(CNCCOC2CCCCC2)cc1. The molecule has 1 saturated carbocycles. The number of ether oxygens (including phenoxy) is 1. The predicted octanol–water partition coefficient (Wildman–Crippen LogP) is 4.06. The molecule has 1 aliphatic rings. The molecule has 0 amide bonds. The lowest BCUT2D eigenvalue weighted by Gasteiger charge is -2.22. The van der Waals surface area contributed by atoms with Crippen LogP contribution in [0.3, 0.4) is 0 Å². The highest BCUT2D eigenvalue weighted by molar-refractivity contribution is 5.23. The lowest BCUT2D eigenvalue weighted by atomic mass is 9.98. The maximum absolute atomic E-state index is 12.4. The Bertz CT molecular complexity index is 375. The minimum atomic E-state index is -2.39. The van der Waals surface area contributed by atoms with E-state index < -0.39 is 6.43 Å². The number of alkyl halides is 2. The third-order valence-corrected chi connectivity index (χ3v) is 3.75. The molecule has 0 spiro atoms. The van der Waals surface area contributed by atoms with Gasteiger partial charge in [0.1, 0.15) is 0 Å². The van der Waals surface area contributed by atoms with Gasteiger partial charge in [-0.15, -0.1) is 0 Å². The molecule has 2 rings (SSSR count). The summed E-state index contributed by atoms with van der Waals surface area (Å²) in [7, 11) is 0. The second-order valence-corrected chi connectivity index (χ2v) is 5.35. The van der Waals surface area contributed by atoms with Gasteiger partial charge in [-0.3, -0.25) is 0 Å². The van der Waals surface area contributed by atoms with E-state index in [0.717, 1.165) is 18.7 Å². The Balaban J connectivity index is 1.58. The van der Waals surface area contributed by atoms with Crippen LogP contribution < -0.4 is 5.32 Å². The average molecular weight is 283 g/mol. The second kappa shape index (κ2) is 8.32. The molecule has 1 aliphatic carbocycles. The molecule has 0 unspecified atom stereocenters.